The first-order chi connectivity index (χ1) is 9.51. The number of ether oxygens (including phenoxy) is 1. The fraction of sp³-hybridized carbons (Fsp3) is 0.286. The first-order valence-corrected chi connectivity index (χ1v) is 7.43. The highest BCUT2D eigenvalue weighted by Gasteiger charge is 2.27. The molecule has 1 nitrogen and oxygen atoms in total. The predicted octanol–water partition coefficient (Wildman–Crippen LogP) is 5.21. The second kappa shape index (κ2) is 6.59. The standard InChI is InChI=1S/C14H12ClF3OS/c15-9-12-11-4-2-1-3-10(11)5-6-13(12)19-7-8-20-14(16,17)18/h1-6H,7-9H2. The zero-order valence-corrected chi connectivity index (χ0v) is 12.0. The maximum Gasteiger partial charge on any atom is 0.441 e. The molecule has 0 aliphatic rings. The third kappa shape index (κ3) is 3.96. The van der Waals surface area contributed by atoms with E-state index in [9.17, 15) is 13.2 Å². The second-order valence-electron chi connectivity index (χ2n) is 4.04. The summed E-state index contributed by atoms with van der Waals surface area (Å²) >= 11 is 5.84. The number of alkyl halides is 4. The number of fused-ring (bicyclic) bond motifs is 1. The molecule has 0 aliphatic heterocycles. The first-order valence-electron chi connectivity index (χ1n) is 5.91. The molecule has 0 amide bonds. The molecular formula is C14H12ClF3OS. The van der Waals surface area contributed by atoms with Crippen LogP contribution in [0.5, 0.6) is 5.75 Å². The van der Waals surface area contributed by atoms with Gasteiger partial charge in [-0.15, -0.1) is 11.6 Å². The van der Waals surface area contributed by atoms with Crippen molar-refractivity contribution in [1.29, 1.82) is 0 Å². The van der Waals surface area contributed by atoms with Crippen LogP contribution in [0.3, 0.4) is 0 Å². The highest BCUT2D eigenvalue weighted by Crippen LogP contribution is 2.32. The van der Waals surface area contributed by atoms with Crippen molar-refractivity contribution in [3.63, 3.8) is 0 Å². The van der Waals surface area contributed by atoms with Gasteiger partial charge in [0.1, 0.15) is 5.75 Å². The largest absolute Gasteiger partial charge is 0.492 e. The van der Waals surface area contributed by atoms with Crippen molar-refractivity contribution in [2.45, 2.75) is 11.4 Å². The Labute approximate surface area is 124 Å². The Kier molecular flexibility index (Phi) is 5.05. The molecule has 0 heterocycles. The number of halogens is 4. The number of benzene rings is 2. The van der Waals surface area contributed by atoms with Crippen LogP contribution in [0.15, 0.2) is 36.4 Å². The molecule has 0 saturated carbocycles. The lowest BCUT2D eigenvalue weighted by Crippen LogP contribution is -2.08. The van der Waals surface area contributed by atoms with E-state index in [-0.39, 0.29) is 30.0 Å². The van der Waals surface area contributed by atoms with Gasteiger partial charge in [0.2, 0.25) is 0 Å². The minimum Gasteiger partial charge on any atom is -0.492 e. The molecule has 2 aromatic rings. The molecule has 0 N–H and O–H groups in total. The normalized spacial score (nSPS) is 11.8. The lowest BCUT2D eigenvalue weighted by Gasteiger charge is -2.13. The minimum absolute atomic E-state index is 0.00753. The zero-order valence-electron chi connectivity index (χ0n) is 10.4. The third-order valence-electron chi connectivity index (χ3n) is 2.74. The van der Waals surface area contributed by atoms with Gasteiger partial charge in [-0.1, -0.05) is 30.3 Å². The molecule has 2 aromatic carbocycles. The molecular weight excluding hydrogens is 309 g/mol. The maximum absolute atomic E-state index is 12.0. The van der Waals surface area contributed by atoms with Gasteiger partial charge in [0.25, 0.3) is 0 Å². The molecule has 0 aliphatic carbocycles. The molecule has 0 saturated heterocycles. The lowest BCUT2D eigenvalue weighted by atomic mass is 10.0. The number of rotatable bonds is 5. The summed E-state index contributed by atoms with van der Waals surface area (Å²) in [4.78, 5) is 0. The summed E-state index contributed by atoms with van der Waals surface area (Å²) in [6.45, 7) is -0.00753. The van der Waals surface area contributed by atoms with Crippen LogP contribution in [0.25, 0.3) is 10.8 Å². The Morgan fingerprint density at radius 1 is 1.10 bits per heavy atom. The van der Waals surface area contributed by atoms with Crippen molar-refractivity contribution in [3.8, 4) is 5.75 Å². The van der Waals surface area contributed by atoms with Crippen LogP contribution < -0.4 is 4.74 Å². The maximum atomic E-state index is 12.0. The molecule has 2 rings (SSSR count). The third-order valence-corrected chi connectivity index (χ3v) is 3.70. The molecule has 0 radical (unpaired) electrons. The average molecular weight is 321 g/mol. The van der Waals surface area contributed by atoms with Crippen LogP contribution in [0.4, 0.5) is 13.2 Å². The van der Waals surface area contributed by atoms with E-state index in [0.29, 0.717) is 5.75 Å². The molecule has 0 aromatic heterocycles. The van der Waals surface area contributed by atoms with Crippen molar-refractivity contribution < 1.29 is 17.9 Å². The zero-order chi connectivity index (χ0) is 14.6. The molecule has 20 heavy (non-hydrogen) atoms. The van der Waals surface area contributed by atoms with E-state index in [1.54, 1.807) is 6.07 Å². The Hall–Kier alpha value is -1.07. The fourth-order valence-corrected chi connectivity index (χ4v) is 2.57. The topological polar surface area (TPSA) is 9.23 Å². The van der Waals surface area contributed by atoms with E-state index in [4.69, 9.17) is 16.3 Å². The fourth-order valence-electron chi connectivity index (χ4n) is 1.90. The molecule has 0 bridgehead atoms. The SMILES string of the molecule is FC(F)(F)SCCOc1ccc2ccccc2c1CCl. The van der Waals surface area contributed by atoms with E-state index >= 15 is 0 Å². The summed E-state index contributed by atoms with van der Waals surface area (Å²) in [5, 5.41) is 1.99. The quantitative estimate of drug-likeness (QED) is 0.552. The molecule has 0 spiro atoms. The average Bonchev–Trinajstić information content (AvgIpc) is 2.42. The van der Waals surface area contributed by atoms with Gasteiger partial charge < -0.3 is 4.74 Å². The Morgan fingerprint density at radius 3 is 2.55 bits per heavy atom. The monoisotopic (exact) mass is 320 g/mol. The summed E-state index contributed by atoms with van der Waals surface area (Å²) in [7, 11) is 0. The van der Waals surface area contributed by atoms with Gasteiger partial charge in [0.05, 0.1) is 12.5 Å². The smallest absolute Gasteiger partial charge is 0.441 e. The Morgan fingerprint density at radius 2 is 1.85 bits per heavy atom. The first kappa shape index (κ1) is 15.3. The molecule has 6 heteroatoms. The highest BCUT2D eigenvalue weighted by molar-refractivity contribution is 8.00. The summed E-state index contributed by atoms with van der Waals surface area (Å²) in [6, 6.07) is 11.3. The van der Waals surface area contributed by atoms with Crippen LogP contribution in [-0.4, -0.2) is 17.9 Å². The molecule has 0 atom stereocenters. The Bertz CT molecular complexity index is 586. The van der Waals surface area contributed by atoms with Crippen LogP contribution in [0, 0.1) is 0 Å². The van der Waals surface area contributed by atoms with Crippen LogP contribution in [-0.2, 0) is 5.88 Å². The van der Waals surface area contributed by atoms with Crippen LogP contribution >= 0.6 is 23.4 Å². The van der Waals surface area contributed by atoms with Gasteiger partial charge >= 0.3 is 5.51 Å². The summed E-state index contributed by atoms with van der Waals surface area (Å²) in [6.07, 6.45) is 0. The van der Waals surface area contributed by atoms with E-state index in [1.165, 1.54) is 0 Å². The van der Waals surface area contributed by atoms with E-state index in [0.717, 1.165) is 16.3 Å². The highest BCUT2D eigenvalue weighted by atomic mass is 35.5. The molecule has 108 valence electrons. The van der Waals surface area contributed by atoms with Gasteiger partial charge in [-0.05, 0) is 28.6 Å². The van der Waals surface area contributed by atoms with E-state index in [2.05, 4.69) is 0 Å². The molecule has 0 fully saturated rings. The number of hydrogen-bond acceptors (Lipinski definition) is 2. The van der Waals surface area contributed by atoms with Gasteiger partial charge in [0.15, 0.2) is 0 Å². The number of hydrogen-bond donors (Lipinski definition) is 0. The summed E-state index contributed by atoms with van der Waals surface area (Å²) in [5.74, 6) is 0.655. The van der Waals surface area contributed by atoms with E-state index in [1.807, 2.05) is 30.3 Å². The van der Waals surface area contributed by atoms with Gasteiger partial charge in [-0.2, -0.15) is 13.2 Å². The van der Waals surface area contributed by atoms with Crippen LogP contribution in [0.2, 0.25) is 0 Å². The van der Waals surface area contributed by atoms with Crippen molar-refractivity contribution in [1.82, 2.24) is 0 Å². The van der Waals surface area contributed by atoms with Crippen LogP contribution in [0.1, 0.15) is 5.56 Å². The van der Waals surface area contributed by atoms with Crippen molar-refractivity contribution in [3.05, 3.63) is 42.0 Å². The van der Waals surface area contributed by atoms with Crippen molar-refractivity contribution in [2.24, 2.45) is 0 Å². The number of thioether (sulfide) groups is 1. The lowest BCUT2D eigenvalue weighted by molar-refractivity contribution is -0.0329. The molecule has 0 unspecified atom stereocenters. The summed E-state index contributed by atoms with van der Waals surface area (Å²) in [5.41, 5.74) is -3.41. The van der Waals surface area contributed by atoms with Crippen molar-refractivity contribution >= 4 is 34.1 Å². The summed E-state index contributed by atoms with van der Waals surface area (Å²) < 4.78 is 41.5. The van der Waals surface area contributed by atoms with Gasteiger partial charge in [-0.3, -0.25) is 0 Å². The van der Waals surface area contributed by atoms with Gasteiger partial charge in [0, 0.05) is 11.3 Å². The second-order valence-corrected chi connectivity index (χ2v) is 5.47. The van der Waals surface area contributed by atoms with E-state index < -0.39 is 5.51 Å². The van der Waals surface area contributed by atoms with Gasteiger partial charge in [-0.25, -0.2) is 0 Å². The van der Waals surface area contributed by atoms with Crippen molar-refractivity contribution in [2.75, 3.05) is 12.4 Å². The minimum atomic E-state index is -4.22. The predicted molar refractivity (Wildman–Crippen MR) is 77.5 cm³/mol. The Balaban J connectivity index is 2.10.